The Labute approximate surface area is 120 Å². The minimum absolute atomic E-state index is 0. The molecule has 0 amide bonds. The van der Waals surface area contributed by atoms with Gasteiger partial charge in [0.05, 0.1) is 12.2 Å². The SMILES string of the molecule is C1=CC2C=CC1C2.CC(O)CC(C)O.[CH3-].[CH3-].[Rh+2]. The van der Waals surface area contributed by atoms with Gasteiger partial charge in [0, 0.05) is 0 Å². The number of fused-ring (bicyclic) bond motifs is 2. The third kappa shape index (κ3) is 9.70. The molecule has 2 rings (SSSR count). The first kappa shape index (κ1) is 22.2. The van der Waals surface area contributed by atoms with Crippen LogP contribution in [0.5, 0.6) is 0 Å². The summed E-state index contributed by atoms with van der Waals surface area (Å²) in [6.07, 6.45) is 10.3. The second-order valence-electron chi connectivity index (χ2n) is 4.27. The molecule has 2 unspecified atom stereocenters. The zero-order valence-corrected chi connectivity index (χ0v) is 12.9. The van der Waals surface area contributed by atoms with Gasteiger partial charge in [-0.25, -0.2) is 0 Å². The van der Waals surface area contributed by atoms with Crippen molar-refractivity contribution in [3.05, 3.63) is 39.2 Å². The van der Waals surface area contributed by atoms with Gasteiger partial charge in [0.25, 0.3) is 0 Å². The van der Waals surface area contributed by atoms with Crippen LogP contribution in [0.3, 0.4) is 0 Å². The van der Waals surface area contributed by atoms with Crippen LogP contribution in [0.15, 0.2) is 24.3 Å². The average Bonchev–Trinajstić information content (AvgIpc) is 2.63. The third-order valence-corrected chi connectivity index (χ3v) is 2.44. The van der Waals surface area contributed by atoms with Crippen molar-refractivity contribution in [3.8, 4) is 0 Å². The maximum absolute atomic E-state index is 8.56. The molecule has 2 bridgehead atoms. The van der Waals surface area contributed by atoms with Gasteiger partial charge in [0.1, 0.15) is 0 Å². The molecule has 0 fully saturated rings. The second kappa shape index (κ2) is 11.1. The topological polar surface area (TPSA) is 40.5 Å². The molecule has 3 heteroatoms. The Kier molecular flexibility index (Phi) is 14.6. The number of allylic oxidation sites excluding steroid dienone is 4. The summed E-state index contributed by atoms with van der Waals surface area (Å²) >= 11 is 0. The van der Waals surface area contributed by atoms with Crippen molar-refractivity contribution in [1.82, 2.24) is 0 Å². The minimum Gasteiger partial charge on any atom is -0.393 e. The summed E-state index contributed by atoms with van der Waals surface area (Å²) in [5.41, 5.74) is 0. The smallest absolute Gasteiger partial charge is 0.393 e. The molecule has 0 aromatic rings. The van der Waals surface area contributed by atoms with Crippen molar-refractivity contribution >= 4 is 0 Å². The molecule has 0 heterocycles. The van der Waals surface area contributed by atoms with Gasteiger partial charge in [-0.1, -0.05) is 24.3 Å². The Bertz CT molecular complexity index is 188. The Morgan fingerprint density at radius 2 is 1.24 bits per heavy atom. The van der Waals surface area contributed by atoms with Gasteiger partial charge in [0.2, 0.25) is 0 Å². The van der Waals surface area contributed by atoms with Crippen molar-refractivity contribution in [1.29, 1.82) is 0 Å². The molecule has 0 aliphatic heterocycles. The van der Waals surface area contributed by atoms with E-state index in [0.717, 1.165) is 11.8 Å². The normalized spacial score (nSPS) is 25.6. The maximum Gasteiger partial charge on any atom is 2.00 e. The van der Waals surface area contributed by atoms with Gasteiger partial charge in [-0.3, -0.25) is 0 Å². The Morgan fingerprint density at radius 3 is 1.29 bits per heavy atom. The van der Waals surface area contributed by atoms with Crippen molar-refractivity contribution < 1.29 is 29.7 Å². The fourth-order valence-corrected chi connectivity index (χ4v) is 1.82. The quantitative estimate of drug-likeness (QED) is 0.465. The molecule has 1 radical (unpaired) electrons. The van der Waals surface area contributed by atoms with Gasteiger partial charge in [-0.2, -0.15) is 0 Å². The molecule has 0 aromatic carbocycles. The van der Waals surface area contributed by atoms with E-state index in [1.807, 2.05) is 0 Å². The molecule has 2 aliphatic carbocycles. The fourth-order valence-electron chi connectivity index (χ4n) is 1.82. The largest absolute Gasteiger partial charge is 2.00 e. The Balaban J connectivity index is -0.000000196. The zero-order chi connectivity index (χ0) is 10.6. The molecule has 0 saturated carbocycles. The monoisotopic (exact) mass is 329 g/mol. The summed E-state index contributed by atoms with van der Waals surface area (Å²) in [7, 11) is 0. The van der Waals surface area contributed by atoms with Crippen LogP contribution >= 0.6 is 0 Å². The van der Waals surface area contributed by atoms with E-state index >= 15 is 0 Å². The van der Waals surface area contributed by atoms with Crippen LogP contribution in [0.4, 0.5) is 0 Å². The molecule has 17 heavy (non-hydrogen) atoms. The molecular weight excluding hydrogens is 303 g/mol. The molecule has 0 aromatic heterocycles. The summed E-state index contributed by atoms with van der Waals surface area (Å²) in [5.74, 6) is 1.62. The fraction of sp³-hybridized carbons (Fsp3) is 0.571. The van der Waals surface area contributed by atoms with E-state index in [1.165, 1.54) is 6.42 Å². The number of rotatable bonds is 2. The van der Waals surface area contributed by atoms with Gasteiger partial charge in [-0.05, 0) is 38.5 Å². The zero-order valence-electron chi connectivity index (χ0n) is 11.3. The molecule has 0 saturated heterocycles. The summed E-state index contributed by atoms with van der Waals surface area (Å²) < 4.78 is 0. The van der Waals surface area contributed by atoms with E-state index in [9.17, 15) is 0 Å². The second-order valence-corrected chi connectivity index (χ2v) is 4.27. The van der Waals surface area contributed by atoms with E-state index < -0.39 is 0 Å². The third-order valence-electron chi connectivity index (χ3n) is 2.44. The van der Waals surface area contributed by atoms with Crippen LogP contribution in [0.2, 0.25) is 0 Å². The molecule has 2 nitrogen and oxygen atoms in total. The van der Waals surface area contributed by atoms with E-state index in [1.54, 1.807) is 13.8 Å². The molecule has 2 atom stereocenters. The summed E-state index contributed by atoms with van der Waals surface area (Å²) in [6, 6.07) is 0. The van der Waals surface area contributed by atoms with Crippen molar-refractivity contribution in [2.45, 2.75) is 38.9 Å². The van der Waals surface area contributed by atoms with Crippen LogP contribution in [0.1, 0.15) is 26.7 Å². The van der Waals surface area contributed by atoms with E-state index in [-0.39, 0.29) is 46.5 Å². The first-order valence-electron chi connectivity index (χ1n) is 5.30. The molecule has 2 N–H and O–H groups in total. The van der Waals surface area contributed by atoms with Crippen LogP contribution in [-0.4, -0.2) is 22.4 Å². The van der Waals surface area contributed by atoms with Gasteiger partial charge >= 0.3 is 19.5 Å². The molecule has 2 aliphatic rings. The van der Waals surface area contributed by atoms with E-state index in [0.29, 0.717) is 6.42 Å². The van der Waals surface area contributed by atoms with Crippen LogP contribution < -0.4 is 0 Å². The minimum atomic E-state index is -0.375. The molecule has 103 valence electrons. The number of hydrogen-bond acceptors (Lipinski definition) is 2. The first-order chi connectivity index (χ1) is 6.58. The predicted molar refractivity (Wildman–Crippen MR) is 70.7 cm³/mol. The Hall–Kier alpha value is 0.0234. The van der Waals surface area contributed by atoms with E-state index in [4.69, 9.17) is 10.2 Å². The van der Waals surface area contributed by atoms with Gasteiger partial charge in [0.15, 0.2) is 0 Å². The van der Waals surface area contributed by atoms with Crippen LogP contribution in [0, 0.1) is 26.7 Å². The van der Waals surface area contributed by atoms with Crippen molar-refractivity contribution in [2.75, 3.05) is 0 Å². The number of hydrogen-bond donors (Lipinski definition) is 2. The molecular formula is C14H26O2Rh. The van der Waals surface area contributed by atoms with Crippen LogP contribution in [-0.2, 0) is 19.5 Å². The standard InChI is InChI=1S/C7H8.C5H12O2.2CH3.Rh/c1-2-7-4-3-6(1)5-7;1-4(6)3-5(2)7;;;/h1-4,6-7H,5H2;4-7H,3H2,1-2H3;2*1H3;/q;;2*-1;+2. The predicted octanol–water partition coefficient (Wildman–Crippen LogP) is 2.78. The first-order valence-corrected chi connectivity index (χ1v) is 5.30. The maximum atomic E-state index is 8.56. The van der Waals surface area contributed by atoms with Crippen molar-refractivity contribution in [3.63, 3.8) is 0 Å². The van der Waals surface area contributed by atoms with E-state index in [2.05, 4.69) is 24.3 Å². The van der Waals surface area contributed by atoms with Gasteiger partial charge < -0.3 is 25.1 Å². The van der Waals surface area contributed by atoms with Crippen LogP contribution in [0.25, 0.3) is 0 Å². The number of aliphatic hydroxyl groups is 2. The molecule has 0 spiro atoms. The average molecular weight is 329 g/mol. The number of aliphatic hydroxyl groups excluding tert-OH is 2. The van der Waals surface area contributed by atoms with Gasteiger partial charge in [-0.15, -0.1) is 0 Å². The summed E-state index contributed by atoms with van der Waals surface area (Å²) in [6.45, 7) is 3.32. The van der Waals surface area contributed by atoms with Crippen molar-refractivity contribution in [2.24, 2.45) is 11.8 Å². The Morgan fingerprint density at radius 1 is 0.941 bits per heavy atom. The summed E-state index contributed by atoms with van der Waals surface area (Å²) in [5, 5.41) is 17.1. The summed E-state index contributed by atoms with van der Waals surface area (Å²) in [4.78, 5) is 0.